The van der Waals surface area contributed by atoms with E-state index in [1.54, 1.807) is 12.1 Å². The van der Waals surface area contributed by atoms with E-state index < -0.39 is 0 Å². The molecular weight excluding hydrogens is 261 g/mol. The van der Waals surface area contributed by atoms with Gasteiger partial charge in [-0.3, -0.25) is 0 Å². The number of thioether (sulfide) groups is 1. The van der Waals surface area contributed by atoms with Crippen LogP contribution in [0, 0.1) is 5.82 Å². The highest BCUT2D eigenvalue weighted by Gasteiger charge is 2.25. The smallest absolute Gasteiger partial charge is 0.123 e. The van der Waals surface area contributed by atoms with Crippen LogP contribution in [-0.4, -0.2) is 24.5 Å². The molecule has 2 atom stereocenters. The Kier molecular flexibility index (Phi) is 5.67. The minimum Gasteiger partial charge on any atom is -0.377 e. The zero-order chi connectivity index (χ0) is 13.7. The molecule has 1 N–H and O–H groups in total. The predicted octanol–water partition coefficient (Wildman–Crippen LogP) is 3.59. The van der Waals surface area contributed by atoms with Crippen LogP contribution in [0.4, 0.5) is 4.39 Å². The van der Waals surface area contributed by atoms with Gasteiger partial charge in [-0.2, -0.15) is 0 Å². The summed E-state index contributed by atoms with van der Waals surface area (Å²) in [6.45, 7) is 6.78. The van der Waals surface area contributed by atoms with E-state index in [-0.39, 0.29) is 11.9 Å². The zero-order valence-corrected chi connectivity index (χ0v) is 12.4. The Morgan fingerprint density at radius 3 is 3.00 bits per heavy atom. The van der Waals surface area contributed by atoms with E-state index in [1.807, 2.05) is 17.8 Å². The summed E-state index contributed by atoms with van der Waals surface area (Å²) >= 11 is 1.82. The second-order valence-corrected chi connectivity index (χ2v) is 6.23. The van der Waals surface area contributed by atoms with E-state index >= 15 is 0 Å². The molecule has 0 saturated carbocycles. The molecule has 1 heterocycles. The van der Waals surface area contributed by atoms with Gasteiger partial charge in [-0.25, -0.2) is 4.39 Å². The average molecular weight is 283 g/mol. The summed E-state index contributed by atoms with van der Waals surface area (Å²) < 4.78 is 19.0. The van der Waals surface area contributed by atoms with E-state index in [9.17, 15) is 4.39 Å². The topological polar surface area (TPSA) is 21.3 Å². The molecule has 0 bridgehead atoms. The van der Waals surface area contributed by atoms with E-state index in [1.165, 1.54) is 4.90 Å². The molecule has 2 nitrogen and oxygen atoms in total. The van der Waals surface area contributed by atoms with Gasteiger partial charge in [0, 0.05) is 23.3 Å². The minimum absolute atomic E-state index is 0.159. The van der Waals surface area contributed by atoms with Gasteiger partial charge in [-0.05, 0) is 50.1 Å². The van der Waals surface area contributed by atoms with Crippen LogP contribution in [0.2, 0.25) is 0 Å². The predicted molar refractivity (Wildman–Crippen MR) is 78.1 cm³/mol. The second kappa shape index (κ2) is 7.27. The first-order valence-electron chi connectivity index (χ1n) is 6.98. The van der Waals surface area contributed by atoms with Gasteiger partial charge < -0.3 is 10.1 Å². The molecule has 2 rings (SSSR count). The maximum atomic E-state index is 13.4. The van der Waals surface area contributed by atoms with Crippen LogP contribution in [0.5, 0.6) is 0 Å². The molecule has 2 unspecified atom stereocenters. The van der Waals surface area contributed by atoms with Crippen molar-refractivity contribution in [3.8, 4) is 0 Å². The van der Waals surface area contributed by atoms with E-state index in [4.69, 9.17) is 4.74 Å². The Labute approximate surface area is 119 Å². The van der Waals surface area contributed by atoms with Gasteiger partial charge in [0.05, 0.1) is 6.10 Å². The Hall–Kier alpha value is -0.580. The van der Waals surface area contributed by atoms with Crippen LogP contribution in [-0.2, 0) is 11.3 Å². The van der Waals surface area contributed by atoms with Crippen LogP contribution in [0.3, 0.4) is 0 Å². The maximum Gasteiger partial charge on any atom is 0.123 e. The first-order chi connectivity index (χ1) is 9.20. The largest absolute Gasteiger partial charge is 0.377 e. The fourth-order valence-corrected chi connectivity index (χ4v) is 3.47. The van der Waals surface area contributed by atoms with E-state index in [2.05, 4.69) is 19.2 Å². The third-order valence-electron chi connectivity index (χ3n) is 3.35. The van der Waals surface area contributed by atoms with Gasteiger partial charge in [0.1, 0.15) is 5.82 Å². The molecule has 106 valence electrons. The molecule has 1 aromatic carbocycles. The van der Waals surface area contributed by atoms with Gasteiger partial charge in [-0.15, -0.1) is 11.8 Å². The van der Waals surface area contributed by atoms with Gasteiger partial charge >= 0.3 is 0 Å². The molecule has 1 aliphatic heterocycles. The van der Waals surface area contributed by atoms with Crippen LogP contribution in [0.1, 0.15) is 32.3 Å². The summed E-state index contributed by atoms with van der Waals surface area (Å²) in [6, 6.07) is 5.09. The van der Waals surface area contributed by atoms with Crippen LogP contribution >= 0.6 is 11.8 Å². The van der Waals surface area contributed by atoms with Crippen LogP contribution < -0.4 is 5.32 Å². The van der Waals surface area contributed by atoms with Crippen molar-refractivity contribution in [2.45, 2.75) is 49.5 Å². The van der Waals surface area contributed by atoms with Gasteiger partial charge in [0.25, 0.3) is 0 Å². The normalized spacial score (nSPS) is 22.9. The monoisotopic (exact) mass is 283 g/mol. The van der Waals surface area contributed by atoms with Gasteiger partial charge in [0.15, 0.2) is 0 Å². The fourth-order valence-electron chi connectivity index (χ4n) is 2.23. The third kappa shape index (κ3) is 4.20. The van der Waals surface area contributed by atoms with E-state index in [0.29, 0.717) is 5.25 Å². The zero-order valence-electron chi connectivity index (χ0n) is 11.6. The lowest BCUT2D eigenvalue weighted by Gasteiger charge is -2.16. The quantitative estimate of drug-likeness (QED) is 0.806. The number of rotatable bonds is 6. The molecule has 1 fully saturated rings. The molecule has 19 heavy (non-hydrogen) atoms. The average Bonchev–Trinajstić information content (AvgIpc) is 2.78. The Morgan fingerprint density at radius 1 is 1.47 bits per heavy atom. The Morgan fingerprint density at radius 2 is 2.32 bits per heavy atom. The molecule has 1 aliphatic rings. The summed E-state index contributed by atoms with van der Waals surface area (Å²) in [4.78, 5) is 1.17. The lowest BCUT2D eigenvalue weighted by molar-refractivity contribution is 0.127. The molecule has 4 heteroatoms. The van der Waals surface area contributed by atoms with Crippen molar-refractivity contribution in [2.75, 3.05) is 13.2 Å². The minimum atomic E-state index is -0.159. The summed E-state index contributed by atoms with van der Waals surface area (Å²) in [5, 5.41) is 3.83. The maximum absolute atomic E-state index is 13.4. The van der Waals surface area contributed by atoms with E-state index in [0.717, 1.165) is 38.1 Å². The van der Waals surface area contributed by atoms with Crippen molar-refractivity contribution in [1.29, 1.82) is 0 Å². The second-order valence-electron chi connectivity index (χ2n) is 4.95. The lowest BCUT2D eigenvalue weighted by atomic mass is 10.2. The van der Waals surface area contributed by atoms with Gasteiger partial charge in [0.2, 0.25) is 0 Å². The molecule has 0 aliphatic carbocycles. The van der Waals surface area contributed by atoms with Crippen molar-refractivity contribution in [3.63, 3.8) is 0 Å². The first kappa shape index (κ1) is 14.8. The van der Waals surface area contributed by atoms with Crippen LogP contribution in [0.25, 0.3) is 0 Å². The third-order valence-corrected chi connectivity index (χ3v) is 4.92. The standard InChI is InChI=1S/C15H22FNOS/c1-3-7-17-10-12-9-13(16)4-5-15(12)19-14-6-8-18-11(14)2/h4-5,9,11,14,17H,3,6-8,10H2,1-2H3. The number of nitrogens with one attached hydrogen (secondary N) is 1. The van der Waals surface area contributed by atoms with Gasteiger partial charge in [-0.1, -0.05) is 6.92 Å². The van der Waals surface area contributed by atoms with Crippen molar-refractivity contribution < 1.29 is 9.13 Å². The SMILES string of the molecule is CCCNCc1cc(F)ccc1SC1CCOC1C. The highest BCUT2D eigenvalue weighted by molar-refractivity contribution is 8.00. The highest BCUT2D eigenvalue weighted by atomic mass is 32.2. The lowest BCUT2D eigenvalue weighted by Crippen LogP contribution is -2.16. The number of ether oxygens (including phenoxy) is 1. The van der Waals surface area contributed by atoms with Crippen molar-refractivity contribution in [1.82, 2.24) is 5.32 Å². The number of hydrogen-bond acceptors (Lipinski definition) is 3. The number of hydrogen-bond donors (Lipinski definition) is 1. The van der Waals surface area contributed by atoms with Crippen molar-refractivity contribution in [2.24, 2.45) is 0 Å². The molecule has 0 radical (unpaired) electrons. The number of halogens is 1. The first-order valence-corrected chi connectivity index (χ1v) is 7.86. The molecule has 1 saturated heterocycles. The summed E-state index contributed by atoms with van der Waals surface area (Å²) in [6.07, 6.45) is 2.45. The summed E-state index contributed by atoms with van der Waals surface area (Å²) in [5.74, 6) is -0.159. The number of benzene rings is 1. The molecule has 0 spiro atoms. The Bertz CT molecular complexity index is 413. The summed E-state index contributed by atoms with van der Waals surface area (Å²) in [7, 11) is 0. The Balaban J connectivity index is 2.05. The molecule has 0 amide bonds. The van der Waals surface area contributed by atoms with Crippen molar-refractivity contribution in [3.05, 3.63) is 29.6 Å². The molecule has 1 aromatic rings. The van der Waals surface area contributed by atoms with Crippen LogP contribution in [0.15, 0.2) is 23.1 Å². The molecular formula is C15H22FNOS. The fraction of sp³-hybridized carbons (Fsp3) is 0.600. The summed E-state index contributed by atoms with van der Waals surface area (Å²) in [5.41, 5.74) is 1.05. The highest BCUT2D eigenvalue weighted by Crippen LogP contribution is 2.34. The van der Waals surface area contributed by atoms with Crippen molar-refractivity contribution >= 4 is 11.8 Å². The molecule has 0 aromatic heterocycles.